The maximum atomic E-state index is 14.0. The molecular weight excluding hydrogens is 491 g/mol. The van der Waals surface area contributed by atoms with Crippen LogP contribution in [0.5, 0.6) is 0 Å². The quantitative estimate of drug-likeness (QED) is 0.386. The van der Waals surface area contributed by atoms with Gasteiger partial charge in [0.1, 0.15) is 10.4 Å². The molecule has 0 radical (unpaired) electrons. The molecule has 2 aromatic carbocycles. The molecular formula is C26H26Cl2N2O3S. The Bertz CT molecular complexity index is 1150. The van der Waals surface area contributed by atoms with Gasteiger partial charge in [0.15, 0.2) is 5.78 Å². The molecule has 0 bridgehead atoms. The van der Waals surface area contributed by atoms with Gasteiger partial charge in [-0.25, -0.2) is 4.98 Å². The molecule has 4 atom stereocenters. The molecule has 1 fully saturated rings. The fraction of sp³-hybridized carbons (Fsp3) is 0.346. The molecule has 1 saturated heterocycles. The third-order valence-electron chi connectivity index (χ3n) is 6.73. The Labute approximate surface area is 213 Å². The third kappa shape index (κ3) is 5.36. The van der Waals surface area contributed by atoms with Gasteiger partial charge < -0.3 is 10.4 Å². The fourth-order valence-corrected chi connectivity index (χ4v) is 6.02. The number of Topliss-reactive ketones (excluding diaryl/α,β-unsaturated/α-hetero) is 1. The summed E-state index contributed by atoms with van der Waals surface area (Å²) in [6, 6.07) is 14.8. The Balaban J connectivity index is 1.65. The second-order valence-corrected chi connectivity index (χ2v) is 10.7. The molecule has 8 heteroatoms. The van der Waals surface area contributed by atoms with Crippen LogP contribution in [-0.2, 0) is 15.0 Å². The monoisotopic (exact) mass is 516 g/mol. The lowest BCUT2D eigenvalue weighted by atomic mass is 9.72. The minimum atomic E-state index is -0.919. The van der Waals surface area contributed by atoms with Crippen LogP contribution in [0.3, 0.4) is 0 Å². The van der Waals surface area contributed by atoms with Crippen LogP contribution in [-0.4, -0.2) is 34.4 Å². The lowest BCUT2D eigenvalue weighted by Crippen LogP contribution is -2.48. The molecule has 0 aliphatic carbocycles. The number of hydrogen-bond acceptors (Lipinski definition) is 5. The zero-order chi connectivity index (χ0) is 24.3. The summed E-state index contributed by atoms with van der Waals surface area (Å²) in [7, 11) is 0. The number of aliphatic carboxylic acids is 1. The molecule has 2 heterocycles. The van der Waals surface area contributed by atoms with Crippen LogP contribution in [0.15, 0.2) is 60.1 Å². The van der Waals surface area contributed by atoms with Crippen molar-refractivity contribution in [2.45, 2.75) is 43.6 Å². The van der Waals surface area contributed by atoms with Gasteiger partial charge in [-0.2, -0.15) is 0 Å². The van der Waals surface area contributed by atoms with Gasteiger partial charge in [0.2, 0.25) is 0 Å². The molecule has 178 valence electrons. The Morgan fingerprint density at radius 2 is 1.91 bits per heavy atom. The molecule has 0 spiro atoms. The van der Waals surface area contributed by atoms with Gasteiger partial charge >= 0.3 is 5.97 Å². The van der Waals surface area contributed by atoms with Crippen LogP contribution < -0.4 is 5.32 Å². The zero-order valence-corrected chi connectivity index (χ0v) is 21.0. The van der Waals surface area contributed by atoms with Gasteiger partial charge in [-0.05, 0) is 61.2 Å². The SMILES string of the molecule is C[C@@](C(=O)C[C@@H]1NC[C@@H](CC(=O)O)C[C@@H]1c1cccc(Cl)c1)(c1ccc(Cl)cc1)c1nccs1. The number of thiazole rings is 1. The Morgan fingerprint density at radius 3 is 2.56 bits per heavy atom. The summed E-state index contributed by atoms with van der Waals surface area (Å²) in [5.74, 6) is -0.822. The number of halogens is 2. The summed E-state index contributed by atoms with van der Waals surface area (Å²) in [5, 5.41) is 16.6. The molecule has 1 aliphatic heterocycles. The summed E-state index contributed by atoms with van der Waals surface area (Å²) < 4.78 is 0. The molecule has 2 N–H and O–H groups in total. The van der Waals surface area contributed by atoms with E-state index in [9.17, 15) is 14.7 Å². The number of carboxylic acid groups (broad SMARTS) is 1. The molecule has 0 amide bonds. The number of carboxylic acids is 1. The normalized spacial score (nSPS) is 22.1. The van der Waals surface area contributed by atoms with Gasteiger partial charge in [-0.1, -0.05) is 47.5 Å². The number of nitrogens with one attached hydrogen (secondary N) is 1. The van der Waals surface area contributed by atoms with Crippen LogP contribution >= 0.6 is 34.5 Å². The van der Waals surface area contributed by atoms with E-state index in [1.165, 1.54) is 11.3 Å². The highest BCUT2D eigenvalue weighted by Gasteiger charge is 2.42. The number of nitrogens with zero attached hydrogens (tertiary/aromatic N) is 1. The van der Waals surface area contributed by atoms with Crippen molar-refractivity contribution in [3.8, 4) is 0 Å². The maximum Gasteiger partial charge on any atom is 0.303 e. The predicted molar refractivity (Wildman–Crippen MR) is 136 cm³/mol. The first-order valence-corrected chi connectivity index (χ1v) is 12.8. The first-order valence-electron chi connectivity index (χ1n) is 11.2. The summed E-state index contributed by atoms with van der Waals surface area (Å²) in [5.41, 5.74) is 0.933. The van der Waals surface area contributed by atoms with E-state index < -0.39 is 11.4 Å². The summed E-state index contributed by atoms with van der Waals surface area (Å²) >= 11 is 13.8. The van der Waals surface area contributed by atoms with Gasteiger partial charge in [-0.3, -0.25) is 9.59 Å². The lowest BCUT2D eigenvalue weighted by molar-refractivity contribution is -0.138. The number of hydrogen-bond donors (Lipinski definition) is 2. The summed E-state index contributed by atoms with van der Waals surface area (Å²) in [4.78, 5) is 29.8. The number of benzene rings is 2. The minimum absolute atomic E-state index is 0.0190. The number of rotatable bonds is 8. The van der Waals surface area contributed by atoms with Gasteiger partial charge in [-0.15, -0.1) is 11.3 Å². The van der Waals surface area contributed by atoms with Crippen molar-refractivity contribution in [3.05, 3.63) is 86.3 Å². The number of carbonyl (C=O) groups excluding carboxylic acids is 1. The first-order chi connectivity index (χ1) is 16.3. The predicted octanol–water partition coefficient (Wildman–Crippen LogP) is 5.95. The van der Waals surface area contributed by atoms with Crippen molar-refractivity contribution in [2.24, 2.45) is 5.92 Å². The summed E-state index contributed by atoms with van der Waals surface area (Å²) in [6.45, 7) is 2.47. The van der Waals surface area contributed by atoms with E-state index in [-0.39, 0.29) is 36.5 Å². The largest absolute Gasteiger partial charge is 0.481 e. The number of ketones is 1. The van der Waals surface area contributed by atoms with Crippen molar-refractivity contribution in [2.75, 3.05) is 6.54 Å². The number of carbonyl (C=O) groups is 2. The Kier molecular flexibility index (Phi) is 7.73. The second kappa shape index (κ2) is 10.6. The molecule has 0 saturated carbocycles. The van der Waals surface area contributed by atoms with Gasteiger partial charge in [0.05, 0.1) is 0 Å². The molecule has 4 rings (SSSR count). The van der Waals surface area contributed by atoms with Crippen molar-refractivity contribution >= 4 is 46.3 Å². The lowest BCUT2D eigenvalue weighted by Gasteiger charge is -2.38. The van der Waals surface area contributed by atoms with Crippen molar-refractivity contribution in [1.29, 1.82) is 0 Å². The topological polar surface area (TPSA) is 79.3 Å². The molecule has 1 aliphatic rings. The first kappa shape index (κ1) is 24.9. The van der Waals surface area contributed by atoms with E-state index in [0.717, 1.165) is 16.1 Å². The van der Waals surface area contributed by atoms with Crippen LogP contribution in [0.2, 0.25) is 10.0 Å². The van der Waals surface area contributed by atoms with E-state index >= 15 is 0 Å². The standard InChI is InChI=1S/C26H26Cl2N2O3S/c1-26(25-29-9-10-34-25,18-5-7-19(27)8-6-18)23(31)14-22-21(17-3-2-4-20(28)13-17)11-16(15-30-22)12-24(32)33/h2-10,13,16,21-22,30H,11-12,14-15H2,1H3,(H,32,33)/t16-,21-,22+,26+/m1/s1. The highest BCUT2D eigenvalue weighted by atomic mass is 35.5. The van der Waals surface area contributed by atoms with Crippen LogP contribution in [0.25, 0.3) is 0 Å². The second-order valence-electron chi connectivity index (χ2n) is 8.97. The molecule has 1 aromatic heterocycles. The maximum absolute atomic E-state index is 14.0. The van der Waals surface area contributed by atoms with Crippen molar-refractivity contribution in [1.82, 2.24) is 10.3 Å². The van der Waals surface area contributed by atoms with E-state index in [0.29, 0.717) is 23.0 Å². The molecule has 3 aromatic rings. The van der Waals surface area contributed by atoms with E-state index in [1.807, 2.05) is 48.7 Å². The number of piperidine rings is 1. The van der Waals surface area contributed by atoms with Crippen molar-refractivity contribution in [3.63, 3.8) is 0 Å². The third-order valence-corrected chi connectivity index (χ3v) is 8.21. The van der Waals surface area contributed by atoms with E-state index in [4.69, 9.17) is 23.2 Å². The average Bonchev–Trinajstić information content (AvgIpc) is 3.35. The minimum Gasteiger partial charge on any atom is -0.481 e. The van der Waals surface area contributed by atoms with Crippen LogP contribution in [0.4, 0.5) is 0 Å². The van der Waals surface area contributed by atoms with Gasteiger partial charge in [0, 0.05) is 46.4 Å². The fourth-order valence-electron chi connectivity index (χ4n) is 4.85. The van der Waals surface area contributed by atoms with Crippen LogP contribution in [0.1, 0.15) is 48.2 Å². The van der Waals surface area contributed by atoms with Gasteiger partial charge in [0.25, 0.3) is 0 Å². The smallest absolute Gasteiger partial charge is 0.303 e. The molecule has 5 nitrogen and oxygen atoms in total. The molecule has 0 unspecified atom stereocenters. The Morgan fingerprint density at radius 1 is 1.15 bits per heavy atom. The highest BCUT2D eigenvalue weighted by molar-refractivity contribution is 7.09. The average molecular weight is 517 g/mol. The van der Waals surface area contributed by atoms with Crippen LogP contribution in [0, 0.1) is 5.92 Å². The Hall–Kier alpha value is -2.25. The summed E-state index contributed by atoms with van der Waals surface area (Å²) in [6.07, 6.45) is 2.75. The van der Waals surface area contributed by atoms with Crippen molar-refractivity contribution < 1.29 is 14.7 Å². The zero-order valence-electron chi connectivity index (χ0n) is 18.7. The van der Waals surface area contributed by atoms with E-state index in [1.54, 1.807) is 18.3 Å². The highest BCUT2D eigenvalue weighted by Crippen LogP contribution is 2.40. The molecule has 34 heavy (non-hydrogen) atoms. The number of aromatic nitrogens is 1. The van der Waals surface area contributed by atoms with E-state index in [2.05, 4.69) is 10.3 Å².